The highest BCUT2D eigenvalue weighted by atomic mass is 16.5. The lowest BCUT2D eigenvalue weighted by molar-refractivity contribution is 0.414. The second-order valence-corrected chi connectivity index (χ2v) is 2.37. The van der Waals surface area contributed by atoms with Crippen molar-refractivity contribution in [3.63, 3.8) is 0 Å². The number of rotatable bonds is 1. The van der Waals surface area contributed by atoms with Crippen molar-refractivity contribution in [3.8, 4) is 23.7 Å². The van der Waals surface area contributed by atoms with Crippen LogP contribution >= 0.6 is 0 Å². The Morgan fingerprint density at radius 1 is 1.46 bits per heavy atom. The topological polar surface area (TPSA) is 33.0 Å². The summed E-state index contributed by atoms with van der Waals surface area (Å²) in [6, 6.07) is 9.41. The first-order chi connectivity index (χ1) is 6.36. The van der Waals surface area contributed by atoms with Gasteiger partial charge in [-0.2, -0.15) is 5.26 Å². The number of hydrogen-bond acceptors (Lipinski definition) is 2. The van der Waals surface area contributed by atoms with E-state index in [-0.39, 0.29) is 6.42 Å². The van der Waals surface area contributed by atoms with E-state index in [1.165, 1.54) is 0 Å². The number of nitriles is 1. The van der Waals surface area contributed by atoms with Gasteiger partial charge < -0.3 is 4.74 Å². The van der Waals surface area contributed by atoms with E-state index >= 15 is 0 Å². The van der Waals surface area contributed by atoms with Crippen LogP contribution in [0.25, 0.3) is 0 Å². The van der Waals surface area contributed by atoms with Crippen molar-refractivity contribution in [2.24, 2.45) is 0 Å². The summed E-state index contributed by atoms with van der Waals surface area (Å²) in [5.41, 5.74) is 0.870. The van der Waals surface area contributed by atoms with Gasteiger partial charge in [0.25, 0.3) is 0 Å². The molecule has 0 heterocycles. The molecule has 0 aliphatic rings. The second kappa shape index (κ2) is 4.85. The molecule has 0 spiro atoms. The van der Waals surface area contributed by atoms with Gasteiger partial charge >= 0.3 is 0 Å². The number of ether oxygens (including phenoxy) is 1. The van der Waals surface area contributed by atoms with Crippen molar-refractivity contribution in [3.05, 3.63) is 29.8 Å². The van der Waals surface area contributed by atoms with Crippen molar-refractivity contribution in [2.45, 2.75) is 6.42 Å². The Bertz CT molecular complexity index is 379. The van der Waals surface area contributed by atoms with Crippen LogP contribution in [-0.2, 0) is 0 Å². The minimum absolute atomic E-state index is 0.261. The first-order valence-corrected chi connectivity index (χ1v) is 3.86. The fourth-order valence-corrected chi connectivity index (χ4v) is 0.887. The molecule has 0 N–H and O–H groups in total. The van der Waals surface area contributed by atoms with Gasteiger partial charge in [-0.15, -0.1) is 0 Å². The van der Waals surface area contributed by atoms with Gasteiger partial charge in [0.1, 0.15) is 5.75 Å². The summed E-state index contributed by atoms with van der Waals surface area (Å²) in [6.45, 7) is 0. The molecule has 13 heavy (non-hydrogen) atoms. The summed E-state index contributed by atoms with van der Waals surface area (Å²) in [5, 5.41) is 8.27. The van der Waals surface area contributed by atoms with E-state index in [4.69, 9.17) is 10.00 Å². The van der Waals surface area contributed by atoms with Crippen LogP contribution in [0.2, 0.25) is 0 Å². The monoisotopic (exact) mass is 171 g/mol. The van der Waals surface area contributed by atoms with Gasteiger partial charge in [-0.25, -0.2) is 0 Å². The zero-order valence-electron chi connectivity index (χ0n) is 7.37. The molecule has 1 rings (SSSR count). The molecule has 0 saturated carbocycles. The normalized spacial score (nSPS) is 8.00. The predicted octanol–water partition coefficient (Wildman–Crippen LogP) is 1.96. The largest absolute Gasteiger partial charge is 0.497 e. The number of nitrogens with zero attached hydrogens (tertiary/aromatic N) is 1. The molecule has 0 aliphatic heterocycles. The Hall–Kier alpha value is -1.93. The van der Waals surface area contributed by atoms with Crippen molar-refractivity contribution in [2.75, 3.05) is 7.11 Å². The molecule has 1 aromatic rings. The van der Waals surface area contributed by atoms with Gasteiger partial charge in [-0.05, 0) is 18.2 Å². The van der Waals surface area contributed by atoms with E-state index in [2.05, 4.69) is 11.8 Å². The maximum absolute atomic E-state index is 8.27. The number of hydrogen-bond donors (Lipinski definition) is 0. The third kappa shape index (κ3) is 2.89. The minimum Gasteiger partial charge on any atom is -0.497 e. The Balaban J connectivity index is 2.80. The zero-order valence-corrected chi connectivity index (χ0v) is 7.37. The Morgan fingerprint density at radius 2 is 2.31 bits per heavy atom. The highest BCUT2D eigenvalue weighted by Gasteiger charge is 1.90. The van der Waals surface area contributed by atoms with Crippen molar-refractivity contribution in [1.29, 1.82) is 5.26 Å². The van der Waals surface area contributed by atoms with Crippen molar-refractivity contribution < 1.29 is 4.74 Å². The molecule has 0 radical (unpaired) electrons. The summed E-state index contributed by atoms with van der Waals surface area (Å²) < 4.78 is 5.03. The molecule has 0 aromatic heterocycles. The van der Waals surface area contributed by atoms with E-state index in [1.54, 1.807) is 7.11 Å². The van der Waals surface area contributed by atoms with Crippen LogP contribution < -0.4 is 4.74 Å². The van der Waals surface area contributed by atoms with Crippen LogP contribution in [0.3, 0.4) is 0 Å². The molecule has 1 aromatic carbocycles. The van der Waals surface area contributed by atoms with Crippen LogP contribution in [0.5, 0.6) is 5.75 Å². The molecule has 0 amide bonds. The lowest BCUT2D eigenvalue weighted by Gasteiger charge is -1.97. The Labute approximate surface area is 77.8 Å². The standard InChI is InChI=1S/C11H9NO/c1-13-11-7-4-6-10(9-11)5-2-3-8-12/h4,6-7,9H,3H2,1H3. The molecule has 0 saturated heterocycles. The molecule has 0 bridgehead atoms. The smallest absolute Gasteiger partial charge is 0.120 e. The fraction of sp³-hybridized carbons (Fsp3) is 0.182. The van der Waals surface area contributed by atoms with E-state index in [9.17, 15) is 0 Å². The van der Waals surface area contributed by atoms with Gasteiger partial charge in [0.2, 0.25) is 0 Å². The third-order valence-corrected chi connectivity index (χ3v) is 1.47. The van der Waals surface area contributed by atoms with Gasteiger partial charge in [-0.1, -0.05) is 17.9 Å². The average molecular weight is 171 g/mol. The van der Waals surface area contributed by atoms with E-state index in [1.807, 2.05) is 30.3 Å². The third-order valence-electron chi connectivity index (χ3n) is 1.47. The van der Waals surface area contributed by atoms with Crippen molar-refractivity contribution >= 4 is 0 Å². The Morgan fingerprint density at radius 3 is 3.00 bits per heavy atom. The lowest BCUT2D eigenvalue weighted by Crippen LogP contribution is -1.82. The van der Waals surface area contributed by atoms with Gasteiger partial charge in [0.05, 0.1) is 19.6 Å². The van der Waals surface area contributed by atoms with E-state index in [0.29, 0.717) is 0 Å². The molecular weight excluding hydrogens is 162 g/mol. The first-order valence-electron chi connectivity index (χ1n) is 3.86. The number of methoxy groups -OCH3 is 1. The molecule has 2 nitrogen and oxygen atoms in total. The summed E-state index contributed by atoms with van der Waals surface area (Å²) in [5.74, 6) is 6.39. The van der Waals surface area contributed by atoms with Crippen LogP contribution in [0.15, 0.2) is 24.3 Å². The summed E-state index contributed by atoms with van der Waals surface area (Å²) in [4.78, 5) is 0. The van der Waals surface area contributed by atoms with Gasteiger partial charge in [-0.3, -0.25) is 0 Å². The summed E-state index contributed by atoms with van der Waals surface area (Å²) in [7, 11) is 1.61. The molecular formula is C11H9NO. The van der Waals surface area contributed by atoms with Gasteiger partial charge in [0.15, 0.2) is 0 Å². The molecule has 0 atom stereocenters. The highest BCUT2D eigenvalue weighted by molar-refractivity contribution is 5.39. The van der Waals surface area contributed by atoms with Crippen molar-refractivity contribution in [1.82, 2.24) is 0 Å². The van der Waals surface area contributed by atoms with Crippen LogP contribution in [0.4, 0.5) is 0 Å². The quantitative estimate of drug-likeness (QED) is 0.605. The predicted molar refractivity (Wildman–Crippen MR) is 50.1 cm³/mol. The van der Waals surface area contributed by atoms with Gasteiger partial charge in [0, 0.05) is 5.56 Å². The fourth-order valence-electron chi connectivity index (χ4n) is 0.887. The first kappa shape index (κ1) is 9.16. The minimum atomic E-state index is 0.261. The second-order valence-electron chi connectivity index (χ2n) is 2.37. The lowest BCUT2D eigenvalue weighted by atomic mass is 10.2. The maximum atomic E-state index is 8.27. The maximum Gasteiger partial charge on any atom is 0.120 e. The Kier molecular flexibility index (Phi) is 3.42. The molecule has 0 aliphatic carbocycles. The van der Waals surface area contributed by atoms with Crippen LogP contribution in [-0.4, -0.2) is 7.11 Å². The molecule has 2 heteroatoms. The molecule has 0 fully saturated rings. The molecule has 64 valence electrons. The van der Waals surface area contributed by atoms with E-state index in [0.717, 1.165) is 11.3 Å². The van der Waals surface area contributed by atoms with Crippen LogP contribution in [0, 0.1) is 23.2 Å². The average Bonchev–Trinajstić information content (AvgIpc) is 2.19. The summed E-state index contributed by atoms with van der Waals surface area (Å²) in [6.07, 6.45) is 0.261. The molecule has 0 unspecified atom stereocenters. The number of benzene rings is 1. The van der Waals surface area contributed by atoms with E-state index < -0.39 is 0 Å². The zero-order chi connectivity index (χ0) is 9.52. The van der Waals surface area contributed by atoms with Crippen LogP contribution in [0.1, 0.15) is 12.0 Å². The highest BCUT2D eigenvalue weighted by Crippen LogP contribution is 2.11. The SMILES string of the molecule is COc1cccc(C#CCC#N)c1. The summed E-state index contributed by atoms with van der Waals surface area (Å²) >= 11 is 0.